The summed E-state index contributed by atoms with van der Waals surface area (Å²) >= 11 is 0. The smallest absolute Gasteiger partial charge is 0.227 e. The van der Waals surface area contributed by atoms with Gasteiger partial charge < -0.3 is 10.2 Å². The van der Waals surface area contributed by atoms with E-state index in [0.717, 1.165) is 31.7 Å². The van der Waals surface area contributed by atoms with Crippen LogP contribution in [0.4, 0.5) is 5.69 Å². The SMILES string of the molecule is CCN(C(=O)CC1CCNC1)c1ccccc1. The fraction of sp³-hybridized carbons (Fsp3) is 0.500. The van der Waals surface area contributed by atoms with Gasteiger partial charge in [-0.1, -0.05) is 18.2 Å². The molecule has 1 aliphatic heterocycles. The summed E-state index contributed by atoms with van der Waals surface area (Å²) in [4.78, 5) is 14.1. The van der Waals surface area contributed by atoms with E-state index in [2.05, 4.69) is 5.32 Å². The fourth-order valence-corrected chi connectivity index (χ4v) is 2.36. The minimum atomic E-state index is 0.243. The summed E-state index contributed by atoms with van der Waals surface area (Å²) in [5.41, 5.74) is 1.01. The number of hydrogen-bond donors (Lipinski definition) is 1. The zero-order valence-electron chi connectivity index (χ0n) is 10.4. The molecule has 0 saturated carbocycles. The molecular formula is C14H20N2O. The number of benzene rings is 1. The number of carbonyl (C=O) groups is 1. The third-order valence-corrected chi connectivity index (χ3v) is 3.31. The predicted octanol–water partition coefficient (Wildman–Crippen LogP) is 2.04. The molecule has 1 aromatic rings. The Balaban J connectivity index is 2.00. The molecule has 0 aromatic heterocycles. The summed E-state index contributed by atoms with van der Waals surface area (Å²) in [6.07, 6.45) is 1.79. The predicted molar refractivity (Wildman–Crippen MR) is 70.1 cm³/mol. The zero-order valence-corrected chi connectivity index (χ0v) is 10.4. The van der Waals surface area contributed by atoms with E-state index in [-0.39, 0.29) is 5.91 Å². The number of carbonyl (C=O) groups excluding carboxylic acids is 1. The fourth-order valence-electron chi connectivity index (χ4n) is 2.36. The van der Waals surface area contributed by atoms with Crippen molar-refractivity contribution in [1.82, 2.24) is 5.32 Å². The monoisotopic (exact) mass is 232 g/mol. The third-order valence-electron chi connectivity index (χ3n) is 3.31. The second-order valence-electron chi connectivity index (χ2n) is 4.54. The first kappa shape index (κ1) is 12.1. The highest BCUT2D eigenvalue weighted by Gasteiger charge is 2.21. The van der Waals surface area contributed by atoms with Crippen LogP contribution in [0.3, 0.4) is 0 Å². The van der Waals surface area contributed by atoms with Gasteiger partial charge in [-0.3, -0.25) is 4.79 Å². The van der Waals surface area contributed by atoms with Crippen LogP contribution in [0, 0.1) is 5.92 Å². The highest BCUT2D eigenvalue weighted by molar-refractivity contribution is 5.93. The molecule has 3 nitrogen and oxygen atoms in total. The second kappa shape index (κ2) is 5.82. The molecule has 1 heterocycles. The lowest BCUT2D eigenvalue weighted by molar-refractivity contribution is -0.119. The van der Waals surface area contributed by atoms with Crippen molar-refractivity contribution in [2.24, 2.45) is 5.92 Å². The van der Waals surface area contributed by atoms with Gasteiger partial charge in [0.15, 0.2) is 0 Å². The maximum Gasteiger partial charge on any atom is 0.227 e. The maximum absolute atomic E-state index is 12.2. The number of nitrogens with one attached hydrogen (secondary N) is 1. The van der Waals surface area contributed by atoms with E-state index < -0.39 is 0 Å². The molecule has 1 aliphatic rings. The van der Waals surface area contributed by atoms with Crippen molar-refractivity contribution in [2.75, 3.05) is 24.5 Å². The van der Waals surface area contributed by atoms with Crippen LogP contribution < -0.4 is 10.2 Å². The van der Waals surface area contributed by atoms with Gasteiger partial charge >= 0.3 is 0 Å². The molecule has 0 radical (unpaired) electrons. The van der Waals surface area contributed by atoms with E-state index >= 15 is 0 Å². The highest BCUT2D eigenvalue weighted by atomic mass is 16.2. The van der Waals surface area contributed by atoms with Crippen LogP contribution in [0.1, 0.15) is 19.8 Å². The molecule has 1 atom stereocenters. The Hall–Kier alpha value is -1.35. The molecule has 1 saturated heterocycles. The van der Waals surface area contributed by atoms with Crippen molar-refractivity contribution in [3.05, 3.63) is 30.3 Å². The van der Waals surface area contributed by atoms with E-state index in [1.54, 1.807) is 0 Å². The van der Waals surface area contributed by atoms with Gasteiger partial charge in [0.1, 0.15) is 0 Å². The number of hydrogen-bond acceptors (Lipinski definition) is 2. The standard InChI is InChI=1S/C14H20N2O/c1-2-16(13-6-4-3-5-7-13)14(17)10-12-8-9-15-11-12/h3-7,12,15H,2,8-11H2,1H3. The molecule has 1 aromatic carbocycles. The first-order chi connectivity index (χ1) is 8.31. The average Bonchev–Trinajstić information content (AvgIpc) is 2.84. The summed E-state index contributed by atoms with van der Waals surface area (Å²) in [6, 6.07) is 9.91. The summed E-state index contributed by atoms with van der Waals surface area (Å²) in [5, 5.41) is 3.30. The van der Waals surface area contributed by atoms with Gasteiger partial charge in [-0.25, -0.2) is 0 Å². The Labute approximate surface area is 103 Å². The number of anilines is 1. The first-order valence-electron chi connectivity index (χ1n) is 6.37. The van der Waals surface area contributed by atoms with E-state index in [1.165, 1.54) is 0 Å². The van der Waals surface area contributed by atoms with Crippen LogP contribution >= 0.6 is 0 Å². The minimum absolute atomic E-state index is 0.243. The van der Waals surface area contributed by atoms with Crippen molar-refractivity contribution in [3.63, 3.8) is 0 Å². The molecule has 2 rings (SSSR count). The zero-order chi connectivity index (χ0) is 12.1. The Morgan fingerprint density at radius 1 is 1.41 bits per heavy atom. The number of nitrogens with zero attached hydrogens (tertiary/aromatic N) is 1. The lowest BCUT2D eigenvalue weighted by Crippen LogP contribution is -2.32. The second-order valence-corrected chi connectivity index (χ2v) is 4.54. The van der Waals surface area contributed by atoms with Crippen molar-refractivity contribution >= 4 is 11.6 Å². The number of rotatable bonds is 4. The first-order valence-corrected chi connectivity index (χ1v) is 6.37. The molecule has 92 valence electrons. The van der Waals surface area contributed by atoms with Crippen molar-refractivity contribution in [1.29, 1.82) is 0 Å². The summed E-state index contributed by atoms with van der Waals surface area (Å²) in [5.74, 6) is 0.757. The summed E-state index contributed by atoms with van der Waals surface area (Å²) < 4.78 is 0. The van der Waals surface area contributed by atoms with Crippen LogP contribution in [0.25, 0.3) is 0 Å². The Morgan fingerprint density at radius 3 is 2.76 bits per heavy atom. The largest absolute Gasteiger partial charge is 0.316 e. The molecule has 1 fully saturated rings. The van der Waals surface area contributed by atoms with Crippen molar-refractivity contribution < 1.29 is 4.79 Å². The normalized spacial score (nSPS) is 19.2. The summed E-state index contributed by atoms with van der Waals surface area (Å²) in [7, 11) is 0. The molecular weight excluding hydrogens is 212 g/mol. The lowest BCUT2D eigenvalue weighted by Gasteiger charge is -2.22. The van der Waals surface area contributed by atoms with Gasteiger partial charge in [-0.15, -0.1) is 0 Å². The number of amides is 1. The molecule has 0 bridgehead atoms. The molecule has 1 N–H and O–H groups in total. The van der Waals surface area contributed by atoms with Crippen LogP contribution in [-0.4, -0.2) is 25.5 Å². The van der Waals surface area contributed by atoms with Crippen molar-refractivity contribution in [3.8, 4) is 0 Å². The van der Waals surface area contributed by atoms with Gasteiger partial charge in [0.2, 0.25) is 5.91 Å². The quantitative estimate of drug-likeness (QED) is 0.861. The van der Waals surface area contributed by atoms with Gasteiger partial charge in [0.05, 0.1) is 0 Å². The van der Waals surface area contributed by atoms with Crippen LogP contribution in [-0.2, 0) is 4.79 Å². The van der Waals surface area contributed by atoms with E-state index in [9.17, 15) is 4.79 Å². The summed E-state index contributed by atoms with van der Waals surface area (Å²) in [6.45, 7) is 4.80. The van der Waals surface area contributed by atoms with Gasteiger partial charge in [0.25, 0.3) is 0 Å². The molecule has 1 unspecified atom stereocenters. The highest BCUT2D eigenvalue weighted by Crippen LogP contribution is 2.18. The Kier molecular flexibility index (Phi) is 4.15. The topological polar surface area (TPSA) is 32.3 Å². The maximum atomic E-state index is 12.2. The van der Waals surface area contributed by atoms with Crippen LogP contribution in [0.5, 0.6) is 0 Å². The molecule has 3 heteroatoms. The van der Waals surface area contributed by atoms with Gasteiger partial charge in [0, 0.05) is 18.7 Å². The molecule has 1 amide bonds. The Morgan fingerprint density at radius 2 is 2.18 bits per heavy atom. The number of para-hydroxylation sites is 1. The lowest BCUT2D eigenvalue weighted by atomic mass is 10.0. The van der Waals surface area contributed by atoms with Crippen molar-refractivity contribution in [2.45, 2.75) is 19.8 Å². The van der Waals surface area contributed by atoms with E-state index in [1.807, 2.05) is 42.2 Å². The molecule has 0 aliphatic carbocycles. The minimum Gasteiger partial charge on any atom is -0.316 e. The van der Waals surface area contributed by atoms with Gasteiger partial charge in [-0.05, 0) is 44.5 Å². The average molecular weight is 232 g/mol. The molecule has 17 heavy (non-hydrogen) atoms. The third kappa shape index (κ3) is 3.07. The molecule has 0 spiro atoms. The van der Waals surface area contributed by atoms with Gasteiger partial charge in [-0.2, -0.15) is 0 Å². The van der Waals surface area contributed by atoms with E-state index in [0.29, 0.717) is 12.3 Å². The van der Waals surface area contributed by atoms with E-state index in [4.69, 9.17) is 0 Å². The van der Waals surface area contributed by atoms with Crippen LogP contribution in [0.15, 0.2) is 30.3 Å². The van der Waals surface area contributed by atoms with Crippen LogP contribution in [0.2, 0.25) is 0 Å². The Bertz CT molecular complexity index is 358.